The maximum Gasteiger partial charge on any atom is 0.416 e. The monoisotopic (exact) mass is 469 g/mol. The number of morpholine rings is 1. The molecule has 0 spiro atoms. The number of nitrogens with zero attached hydrogens (tertiary/aromatic N) is 2. The summed E-state index contributed by atoms with van der Waals surface area (Å²) in [5.41, 5.74) is 2.28. The SMILES string of the molecule is Cc1c(C(=O)Nc2ccc(N3C[C@@H](C)O[C@@H](C)C3)nc2)cccc1-c1ccc(C(F)(F)F)cc1. The lowest BCUT2D eigenvalue weighted by Gasteiger charge is -2.36. The van der Waals surface area contributed by atoms with E-state index in [2.05, 4.69) is 15.2 Å². The minimum absolute atomic E-state index is 0.116. The third-order valence-electron chi connectivity index (χ3n) is 5.85. The minimum atomic E-state index is -4.39. The lowest BCUT2D eigenvalue weighted by molar-refractivity contribution is -0.137. The van der Waals surface area contributed by atoms with E-state index in [1.54, 1.807) is 37.4 Å². The van der Waals surface area contributed by atoms with Gasteiger partial charge in [0.1, 0.15) is 5.82 Å². The topological polar surface area (TPSA) is 54.5 Å². The van der Waals surface area contributed by atoms with Gasteiger partial charge in [0, 0.05) is 18.7 Å². The molecule has 4 rings (SSSR count). The molecule has 0 unspecified atom stereocenters. The van der Waals surface area contributed by atoms with E-state index in [9.17, 15) is 18.0 Å². The van der Waals surface area contributed by atoms with Gasteiger partial charge in [-0.2, -0.15) is 13.2 Å². The Morgan fingerprint density at radius 3 is 2.29 bits per heavy atom. The van der Waals surface area contributed by atoms with Gasteiger partial charge < -0.3 is 15.0 Å². The summed E-state index contributed by atoms with van der Waals surface area (Å²) in [6, 6.07) is 13.8. The van der Waals surface area contributed by atoms with Gasteiger partial charge in [0.25, 0.3) is 5.91 Å². The Morgan fingerprint density at radius 1 is 1.03 bits per heavy atom. The molecule has 1 N–H and O–H groups in total. The lowest BCUT2D eigenvalue weighted by Crippen LogP contribution is -2.45. The lowest BCUT2D eigenvalue weighted by atomic mass is 9.95. The zero-order chi connectivity index (χ0) is 24.5. The highest BCUT2D eigenvalue weighted by molar-refractivity contribution is 6.06. The first-order valence-electron chi connectivity index (χ1n) is 11.1. The summed E-state index contributed by atoms with van der Waals surface area (Å²) >= 11 is 0. The maximum absolute atomic E-state index is 13.0. The minimum Gasteiger partial charge on any atom is -0.372 e. The van der Waals surface area contributed by atoms with E-state index in [1.807, 2.05) is 19.9 Å². The third kappa shape index (κ3) is 5.22. The van der Waals surface area contributed by atoms with Crippen molar-refractivity contribution >= 4 is 17.4 Å². The van der Waals surface area contributed by atoms with Crippen molar-refractivity contribution in [3.63, 3.8) is 0 Å². The molecule has 1 aromatic heterocycles. The Hall–Kier alpha value is -3.39. The van der Waals surface area contributed by atoms with Gasteiger partial charge in [-0.3, -0.25) is 4.79 Å². The van der Waals surface area contributed by atoms with E-state index in [4.69, 9.17) is 4.74 Å². The summed E-state index contributed by atoms with van der Waals surface area (Å²) in [6.45, 7) is 7.33. The molecule has 1 aliphatic rings. The van der Waals surface area contributed by atoms with E-state index in [0.29, 0.717) is 27.9 Å². The maximum atomic E-state index is 13.0. The normalized spacial score (nSPS) is 18.6. The number of carbonyl (C=O) groups excluding carboxylic acids is 1. The van der Waals surface area contributed by atoms with E-state index < -0.39 is 11.7 Å². The Kier molecular flexibility index (Phi) is 6.61. The molecule has 2 heterocycles. The van der Waals surface area contributed by atoms with Crippen molar-refractivity contribution in [1.82, 2.24) is 4.98 Å². The predicted octanol–water partition coefficient (Wildman–Crippen LogP) is 5.94. The highest BCUT2D eigenvalue weighted by Crippen LogP contribution is 2.32. The van der Waals surface area contributed by atoms with Crippen LogP contribution in [0.4, 0.5) is 24.7 Å². The average Bonchev–Trinajstić information content (AvgIpc) is 2.78. The van der Waals surface area contributed by atoms with Crippen LogP contribution >= 0.6 is 0 Å². The molecule has 1 saturated heterocycles. The molecule has 2 atom stereocenters. The van der Waals surface area contributed by atoms with Crippen LogP contribution in [0.3, 0.4) is 0 Å². The van der Waals surface area contributed by atoms with Crippen LogP contribution in [0.5, 0.6) is 0 Å². The molecular weight excluding hydrogens is 443 g/mol. The summed E-state index contributed by atoms with van der Waals surface area (Å²) in [5.74, 6) is 0.509. The van der Waals surface area contributed by atoms with Crippen LogP contribution in [0.15, 0.2) is 60.8 Å². The van der Waals surface area contributed by atoms with Crippen molar-refractivity contribution in [3.05, 3.63) is 77.5 Å². The van der Waals surface area contributed by atoms with Gasteiger partial charge in [0.05, 0.1) is 29.7 Å². The second kappa shape index (κ2) is 9.46. The number of halogens is 3. The Bertz CT molecular complexity index is 1150. The number of amides is 1. The van der Waals surface area contributed by atoms with Gasteiger partial charge in [-0.05, 0) is 67.8 Å². The van der Waals surface area contributed by atoms with Crippen molar-refractivity contribution in [2.24, 2.45) is 0 Å². The molecule has 1 fully saturated rings. The summed E-state index contributed by atoms with van der Waals surface area (Å²) in [7, 11) is 0. The van der Waals surface area contributed by atoms with Crippen LogP contribution in [0.25, 0.3) is 11.1 Å². The Balaban J connectivity index is 1.49. The molecule has 178 valence electrons. The van der Waals surface area contributed by atoms with Gasteiger partial charge in [0.2, 0.25) is 0 Å². The standard InChI is InChI=1S/C26H26F3N3O2/c1-16-14-32(15-17(2)34-16)24-12-11-21(13-30-24)31-25(33)23-6-4-5-22(18(23)3)19-7-9-20(10-8-19)26(27,28)29/h4-13,16-17H,14-15H2,1-3H3,(H,31,33)/t16-,17+. The van der Waals surface area contributed by atoms with Crippen LogP contribution in [0.1, 0.15) is 35.3 Å². The molecule has 34 heavy (non-hydrogen) atoms. The van der Waals surface area contributed by atoms with Crippen molar-refractivity contribution in [2.45, 2.75) is 39.2 Å². The molecule has 1 aliphatic heterocycles. The first-order chi connectivity index (χ1) is 16.1. The van der Waals surface area contributed by atoms with Gasteiger partial charge >= 0.3 is 6.18 Å². The zero-order valence-corrected chi connectivity index (χ0v) is 19.2. The number of anilines is 2. The Labute approximate surface area is 196 Å². The van der Waals surface area contributed by atoms with E-state index in [0.717, 1.165) is 31.0 Å². The van der Waals surface area contributed by atoms with E-state index >= 15 is 0 Å². The number of carbonyl (C=O) groups is 1. The number of pyridine rings is 1. The van der Waals surface area contributed by atoms with Crippen LogP contribution in [-0.4, -0.2) is 36.2 Å². The molecule has 1 amide bonds. The molecular formula is C26H26F3N3O2. The van der Waals surface area contributed by atoms with Gasteiger partial charge in [-0.15, -0.1) is 0 Å². The summed E-state index contributed by atoms with van der Waals surface area (Å²) in [6.07, 6.45) is -2.54. The molecule has 5 nitrogen and oxygen atoms in total. The van der Waals surface area contributed by atoms with Crippen molar-refractivity contribution in [1.29, 1.82) is 0 Å². The number of rotatable bonds is 4. The molecule has 0 saturated carbocycles. The molecule has 8 heteroatoms. The zero-order valence-electron chi connectivity index (χ0n) is 19.2. The molecule has 0 radical (unpaired) electrons. The fourth-order valence-electron chi connectivity index (χ4n) is 4.24. The molecule has 0 bridgehead atoms. The first-order valence-corrected chi connectivity index (χ1v) is 11.1. The van der Waals surface area contributed by atoms with Crippen LogP contribution < -0.4 is 10.2 Å². The third-order valence-corrected chi connectivity index (χ3v) is 5.85. The fourth-order valence-corrected chi connectivity index (χ4v) is 4.24. The second-order valence-electron chi connectivity index (χ2n) is 8.57. The molecule has 2 aromatic carbocycles. The summed E-state index contributed by atoms with van der Waals surface area (Å²) in [5, 5.41) is 2.86. The number of nitrogens with one attached hydrogen (secondary N) is 1. The largest absolute Gasteiger partial charge is 0.416 e. The average molecular weight is 470 g/mol. The van der Waals surface area contributed by atoms with Crippen molar-refractivity contribution in [2.75, 3.05) is 23.3 Å². The summed E-state index contributed by atoms with van der Waals surface area (Å²) in [4.78, 5) is 19.6. The number of alkyl halides is 3. The molecule has 3 aromatic rings. The number of hydrogen-bond acceptors (Lipinski definition) is 4. The fraction of sp³-hybridized carbons (Fsp3) is 0.308. The van der Waals surface area contributed by atoms with Crippen molar-refractivity contribution < 1.29 is 22.7 Å². The van der Waals surface area contributed by atoms with Crippen LogP contribution in [0.2, 0.25) is 0 Å². The highest BCUT2D eigenvalue weighted by Gasteiger charge is 2.30. The number of ether oxygens (including phenoxy) is 1. The number of hydrogen-bond donors (Lipinski definition) is 1. The van der Waals surface area contributed by atoms with Gasteiger partial charge in [0.15, 0.2) is 0 Å². The van der Waals surface area contributed by atoms with Gasteiger partial charge in [-0.25, -0.2) is 4.98 Å². The summed E-state index contributed by atoms with van der Waals surface area (Å²) < 4.78 is 44.4. The molecule has 0 aliphatic carbocycles. The number of benzene rings is 2. The number of aromatic nitrogens is 1. The van der Waals surface area contributed by atoms with E-state index in [1.165, 1.54) is 12.1 Å². The van der Waals surface area contributed by atoms with Gasteiger partial charge in [-0.1, -0.05) is 24.3 Å². The second-order valence-corrected chi connectivity index (χ2v) is 8.57. The van der Waals surface area contributed by atoms with Crippen LogP contribution in [-0.2, 0) is 10.9 Å². The quantitative estimate of drug-likeness (QED) is 0.514. The Morgan fingerprint density at radius 2 is 1.71 bits per heavy atom. The van der Waals surface area contributed by atoms with E-state index in [-0.39, 0.29) is 18.1 Å². The first kappa shape index (κ1) is 23.8. The van der Waals surface area contributed by atoms with Crippen molar-refractivity contribution in [3.8, 4) is 11.1 Å². The van der Waals surface area contributed by atoms with Crippen LogP contribution in [0, 0.1) is 6.92 Å². The smallest absolute Gasteiger partial charge is 0.372 e. The predicted molar refractivity (Wildman–Crippen MR) is 126 cm³/mol. The highest BCUT2D eigenvalue weighted by atomic mass is 19.4.